The predicted octanol–water partition coefficient (Wildman–Crippen LogP) is 10.5. The van der Waals surface area contributed by atoms with Gasteiger partial charge >= 0.3 is 0 Å². The number of aromatic hydroxyl groups is 1. The standard InChI is InChI=1S/C11H16FN.C10H15N.C10H14O.C5H7NS.CH4/c1-7-5-10(13)8(6-9(7)12)11(2,3)4;2*1-10(2,3)8-6-4-5-7-9(8)11;1-4-2-7-3-5(4)6;/h5-6H,13H2,1-4H3;4-7H,11H2,1-3H3;4-7,11H,1-3H3;2-3H,6H2,1H3;1H4. The number of nitrogens with two attached hydrogens (primary N) is 3. The maximum Gasteiger partial charge on any atom is 0.126 e. The monoisotopic (exact) mass is 609 g/mol. The molecule has 0 unspecified atom stereocenters. The highest BCUT2D eigenvalue weighted by molar-refractivity contribution is 7.08. The molecular formula is C37H56FN3OS. The fourth-order valence-corrected chi connectivity index (χ4v) is 4.75. The summed E-state index contributed by atoms with van der Waals surface area (Å²) in [5, 5.41) is 13.4. The SMILES string of the molecule is C.CC(C)(C)c1ccccc1N.CC(C)(C)c1ccccc1O.Cc1cc(N)c(C(C)(C)C)cc1F.Cc1cscc1N. The van der Waals surface area contributed by atoms with Crippen molar-refractivity contribution in [2.45, 2.75) is 99.8 Å². The highest BCUT2D eigenvalue weighted by atomic mass is 32.1. The van der Waals surface area contributed by atoms with Gasteiger partial charge < -0.3 is 22.3 Å². The number of phenolic OH excluding ortho intramolecular Hbond substituents is 1. The van der Waals surface area contributed by atoms with E-state index < -0.39 is 0 Å². The van der Waals surface area contributed by atoms with E-state index in [-0.39, 0.29) is 29.5 Å². The maximum atomic E-state index is 13.2. The summed E-state index contributed by atoms with van der Waals surface area (Å²) in [4.78, 5) is 0. The number of anilines is 3. The number of hydrogen-bond acceptors (Lipinski definition) is 5. The molecule has 7 N–H and O–H groups in total. The molecule has 1 aromatic heterocycles. The summed E-state index contributed by atoms with van der Waals surface area (Å²) in [6.07, 6.45) is 0. The van der Waals surface area contributed by atoms with Gasteiger partial charge in [-0.3, -0.25) is 0 Å². The predicted molar refractivity (Wildman–Crippen MR) is 191 cm³/mol. The van der Waals surface area contributed by atoms with Gasteiger partial charge in [-0.1, -0.05) is 106 Å². The van der Waals surface area contributed by atoms with Crippen LogP contribution in [-0.2, 0) is 16.2 Å². The molecule has 4 rings (SSSR count). The number of phenols is 1. The Labute approximate surface area is 265 Å². The molecular weight excluding hydrogens is 553 g/mol. The van der Waals surface area contributed by atoms with Gasteiger partial charge in [0.1, 0.15) is 11.6 Å². The number of aryl methyl sites for hydroxylation is 2. The highest BCUT2D eigenvalue weighted by Gasteiger charge is 2.19. The third-order valence-electron chi connectivity index (χ3n) is 6.51. The second-order valence-corrected chi connectivity index (χ2v) is 14.3. The minimum atomic E-state index is -0.181. The van der Waals surface area contributed by atoms with Gasteiger partial charge in [0, 0.05) is 22.4 Å². The third-order valence-corrected chi connectivity index (χ3v) is 7.39. The zero-order valence-corrected chi connectivity index (χ0v) is 28.2. The third kappa shape index (κ3) is 13.1. The van der Waals surface area contributed by atoms with E-state index in [1.54, 1.807) is 30.4 Å². The van der Waals surface area contributed by atoms with Crippen LogP contribution >= 0.6 is 11.3 Å². The van der Waals surface area contributed by atoms with Crippen LogP contribution < -0.4 is 17.2 Å². The van der Waals surface area contributed by atoms with E-state index in [9.17, 15) is 9.50 Å². The van der Waals surface area contributed by atoms with E-state index in [1.807, 2.05) is 74.9 Å². The summed E-state index contributed by atoms with van der Waals surface area (Å²) in [6, 6.07) is 18.7. The van der Waals surface area contributed by atoms with Gasteiger partial charge in [0.05, 0.1) is 0 Å². The molecule has 43 heavy (non-hydrogen) atoms. The molecule has 3 aromatic carbocycles. The molecule has 0 aliphatic heterocycles. The first-order chi connectivity index (χ1) is 19.2. The molecule has 0 amide bonds. The minimum absolute atomic E-state index is 0. The van der Waals surface area contributed by atoms with Crippen molar-refractivity contribution in [2.24, 2.45) is 0 Å². The highest BCUT2D eigenvalue weighted by Crippen LogP contribution is 2.30. The van der Waals surface area contributed by atoms with Crippen molar-refractivity contribution in [3.63, 3.8) is 0 Å². The first kappa shape index (κ1) is 39.5. The van der Waals surface area contributed by atoms with E-state index in [4.69, 9.17) is 17.2 Å². The molecule has 0 aliphatic rings. The van der Waals surface area contributed by atoms with Crippen LogP contribution in [0.5, 0.6) is 5.75 Å². The number of para-hydroxylation sites is 2. The van der Waals surface area contributed by atoms with Crippen LogP contribution in [0.15, 0.2) is 71.4 Å². The van der Waals surface area contributed by atoms with E-state index >= 15 is 0 Å². The van der Waals surface area contributed by atoms with Crippen LogP contribution in [0, 0.1) is 19.7 Å². The Morgan fingerprint density at radius 2 is 1.05 bits per heavy atom. The van der Waals surface area contributed by atoms with Crippen LogP contribution in [0.1, 0.15) is 97.6 Å². The lowest BCUT2D eigenvalue weighted by Crippen LogP contribution is -2.14. The van der Waals surface area contributed by atoms with Crippen molar-refractivity contribution in [2.75, 3.05) is 17.2 Å². The van der Waals surface area contributed by atoms with Crippen molar-refractivity contribution in [1.82, 2.24) is 0 Å². The zero-order chi connectivity index (χ0) is 32.5. The number of halogens is 1. The van der Waals surface area contributed by atoms with E-state index in [1.165, 1.54) is 17.2 Å². The average molecular weight is 610 g/mol. The summed E-state index contributed by atoms with van der Waals surface area (Å²) in [5.74, 6) is 0.208. The Bertz CT molecular complexity index is 1330. The molecule has 0 aliphatic carbocycles. The summed E-state index contributed by atoms with van der Waals surface area (Å²) >= 11 is 1.64. The molecule has 0 bridgehead atoms. The van der Waals surface area contributed by atoms with Crippen LogP contribution in [0.25, 0.3) is 0 Å². The first-order valence-corrected chi connectivity index (χ1v) is 15.1. The zero-order valence-electron chi connectivity index (χ0n) is 27.4. The van der Waals surface area contributed by atoms with Crippen LogP contribution in [0.2, 0.25) is 0 Å². The van der Waals surface area contributed by atoms with Gasteiger partial charge in [-0.25, -0.2) is 4.39 Å². The number of thiophene rings is 1. The van der Waals surface area contributed by atoms with Gasteiger partial charge in [0.15, 0.2) is 0 Å². The van der Waals surface area contributed by atoms with Crippen molar-refractivity contribution < 1.29 is 9.50 Å². The van der Waals surface area contributed by atoms with Crippen molar-refractivity contribution >= 4 is 28.4 Å². The van der Waals surface area contributed by atoms with Crippen LogP contribution in [0.4, 0.5) is 21.5 Å². The first-order valence-electron chi connectivity index (χ1n) is 14.1. The van der Waals surface area contributed by atoms with Gasteiger partial charge in [0.25, 0.3) is 0 Å². The number of nitrogen functional groups attached to an aromatic ring is 3. The molecule has 0 saturated heterocycles. The Balaban J connectivity index is 0.000000552. The second kappa shape index (κ2) is 16.4. The van der Waals surface area contributed by atoms with Gasteiger partial charge in [-0.05, 0) is 87.6 Å². The Kier molecular flexibility index (Phi) is 15.0. The summed E-state index contributed by atoms with van der Waals surface area (Å²) in [7, 11) is 0. The Morgan fingerprint density at radius 1 is 0.581 bits per heavy atom. The molecule has 0 saturated carbocycles. The number of rotatable bonds is 0. The lowest BCUT2D eigenvalue weighted by atomic mass is 9.85. The maximum absolute atomic E-state index is 13.2. The normalized spacial score (nSPS) is 11.0. The van der Waals surface area contributed by atoms with E-state index in [0.29, 0.717) is 17.0 Å². The summed E-state index contributed by atoms with van der Waals surface area (Å²) < 4.78 is 13.2. The Morgan fingerprint density at radius 3 is 1.37 bits per heavy atom. The van der Waals surface area contributed by atoms with Crippen LogP contribution in [0.3, 0.4) is 0 Å². The smallest absolute Gasteiger partial charge is 0.126 e. The largest absolute Gasteiger partial charge is 0.508 e. The molecule has 4 aromatic rings. The lowest BCUT2D eigenvalue weighted by Gasteiger charge is -2.21. The van der Waals surface area contributed by atoms with Gasteiger partial charge in [0.2, 0.25) is 0 Å². The lowest BCUT2D eigenvalue weighted by molar-refractivity contribution is 0.447. The van der Waals surface area contributed by atoms with Gasteiger partial charge in [-0.2, -0.15) is 0 Å². The molecule has 0 spiro atoms. The van der Waals surface area contributed by atoms with Crippen molar-refractivity contribution in [1.29, 1.82) is 0 Å². The second-order valence-electron chi connectivity index (χ2n) is 13.6. The van der Waals surface area contributed by atoms with Gasteiger partial charge in [-0.15, -0.1) is 11.3 Å². The van der Waals surface area contributed by atoms with Crippen molar-refractivity contribution in [3.05, 3.63) is 105 Å². The fourth-order valence-electron chi connectivity index (χ4n) is 4.01. The summed E-state index contributed by atoms with van der Waals surface area (Å²) in [5.41, 5.74) is 24.5. The van der Waals surface area contributed by atoms with E-state index in [2.05, 4.69) is 47.6 Å². The molecule has 0 atom stereocenters. The fraction of sp³-hybridized carbons (Fsp3) is 0.405. The molecule has 1 heterocycles. The Hall–Kier alpha value is -3.51. The number of benzene rings is 3. The van der Waals surface area contributed by atoms with Crippen molar-refractivity contribution in [3.8, 4) is 5.75 Å². The molecule has 0 radical (unpaired) electrons. The minimum Gasteiger partial charge on any atom is -0.508 e. The molecule has 0 fully saturated rings. The quantitative estimate of drug-likeness (QED) is 0.149. The summed E-state index contributed by atoms with van der Waals surface area (Å²) in [6.45, 7) is 22.5. The number of hydrogen-bond donors (Lipinski definition) is 4. The topological polar surface area (TPSA) is 98.3 Å². The molecule has 6 heteroatoms. The molecule has 4 nitrogen and oxygen atoms in total. The van der Waals surface area contributed by atoms with E-state index in [0.717, 1.165) is 22.5 Å². The molecule has 238 valence electrons. The average Bonchev–Trinajstić information content (AvgIpc) is 3.23. The van der Waals surface area contributed by atoms with Crippen LogP contribution in [-0.4, -0.2) is 5.11 Å².